The van der Waals surface area contributed by atoms with Crippen molar-refractivity contribution in [1.82, 2.24) is 10.2 Å². The van der Waals surface area contributed by atoms with Gasteiger partial charge in [-0.2, -0.15) is 0 Å². The first kappa shape index (κ1) is 20.5. The van der Waals surface area contributed by atoms with Crippen LogP contribution >= 0.6 is 0 Å². The van der Waals surface area contributed by atoms with Crippen LogP contribution in [0.4, 0.5) is 18.0 Å². The first-order chi connectivity index (χ1) is 13.5. The second kappa shape index (κ2) is 7.31. The first-order valence-corrected chi connectivity index (χ1v) is 8.67. The molecule has 0 aliphatic carbocycles. The van der Waals surface area contributed by atoms with Gasteiger partial charge in [0.25, 0.3) is 5.91 Å². The van der Waals surface area contributed by atoms with Crippen LogP contribution in [-0.2, 0) is 16.9 Å². The molecule has 0 saturated carbocycles. The monoisotopic (exact) mass is 408 g/mol. The molecule has 2 aromatic rings. The summed E-state index contributed by atoms with van der Waals surface area (Å²) in [7, 11) is 1.49. The number of nitrogens with one attached hydrogen (secondary N) is 1. The van der Waals surface area contributed by atoms with E-state index in [0.717, 1.165) is 22.6 Å². The van der Waals surface area contributed by atoms with Crippen molar-refractivity contribution in [1.29, 1.82) is 0 Å². The summed E-state index contributed by atoms with van der Waals surface area (Å²) in [5.41, 5.74) is 0.527. The normalized spacial score (nSPS) is 19.3. The van der Waals surface area contributed by atoms with E-state index in [4.69, 9.17) is 4.74 Å². The number of carbonyl (C=O) groups is 2. The number of carbonyl (C=O) groups excluding carboxylic acids is 2. The predicted molar refractivity (Wildman–Crippen MR) is 97.3 cm³/mol. The Labute approximate surface area is 165 Å². The number of ether oxygens (including phenoxy) is 2. The standard InChI is InChI=1S/C20H19F3N2O4/c1-12-4-9-16(28-3)13(10-12)11-25-17(26)19(2,24-18(25)27)14-5-7-15(8-6-14)29-20(21,22)23/h4-10H,11H2,1-3H3,(H,24,27). The molecule has 9 heteroatoms. The number of imide groups is 1. The van der Waals surface area contributed by atoms with Crippen molar-refractivity contribution in [2.24, 2.45) is 0 Å². The van der Waals surface area contributed by atoms with Gasteiger partial charge in [-0.1, -0.05) is 29.8 Å². The molecule has 3 rings (SSSR count). The fraction of sp³-hybridized carbons (Fsp3) is 0.300. The summed E-state index contributed by atoms with van der Waals surface area (Å²) in [5.74, 6) is -0.392. The van der Waals surface area contributed by atoms with Crippen LogP contribution in [0, 0.1) is 6.92 Å². The third-order valence-corrected chi connectivity index (χ3v) is 4.70. The Morgan fingerprint density at radius 1 is 1.10 bits per heavy atom. The van der Waals surface area contributed by atoms with Crippen molar-refractivity contribution in [2.45, 2.75) is 32.3 Å². The highest BCUT2D eigenvalue weighted by atomic mass is 19.4. The smallest absolute Gasteiger partial charge is 0.496 e. The quantitative estimate of drug-likeness (QED) is 0.763. The molecule has 29 heavy (non-hydrogen) atoms. The summed E-state index contributed by atoms with van der Waals surface area (Å²) in [6, 6.07) is 9.64. The lowest BCUT2D eigenvalue weighted by atomic mass is 9.92. The van der Waals surface area contributed by atoms with Crippen LogP contribution in [0.2, 0.25) is 0 Å². The highest BCUT2D eigenvalue weighted by Crippen LogP contribution is 2.33. The summed E-state index contributed by atoms with van der Waals surface area (Å²) in [6.45, 7) is 3.38. The van der Waals surface area contributed by atoms with Gasteiger partial charge in [-0.15, -0.1) is 13.2 Å². The van der Waals surface area contributed by atoms with Gasteiger partial charge in [-0.05, 0) is 37.6 Å². The summed E-state index contributed by atoms with van der Waals surface area (Å²) in [6.07, 6.45) is -4.81. The maximum absolute atomic E-state index is 13.0. The molecule has 0 aromatic heterocycles. The molecule has 3 amide bonds. The number of methoxy groups -OCH3 is 1. The summed E-state index contributed by atoms with van der Waals surface area (Å²) >= 11 is 0. The summed E-state index contributed by atoms with van der Waals surface area (Å²) in [5, 5.41) is 2.62. The van der Waals surface area contributed by atoms with Gasteiger partial charge in [-0.3, -0.25) is 9.69 Å². The van der Waals surface area contributed by atoms with Crippen LogP contribution in [0.15, 0.2) is 42.5 Å². The maximum atomic E-state index is 13.0. The van der Waals surface area contributed by atoms with E-state index < -0.39 is 29.6 Å². The number of aryl methyl sites for hydroxylation is 1. The molecule has 1 heterocycles. The summed E-state index contributed by atoms with van der Waals surface area (Å²) in [4.78, 5) is 26.6. The van der Waals surface area contributed by atoms with E-state index in [2.05, 4.69) is 10.1 Å². The average Bonchev–Trinajstić information content (AvgIpc) is 2.85. The second-order valence-corrected chi connectivity index (χ2v) is 6.83. The van der Waals surface area contributed by atoms with Gasteiger partial charge in [0, 0.05) is 5.56 Å². The van der Waals surface area contributed by atoms with Crippen LogP contribution in [-0.4, -0.2) is 30.3 Å². The molecular weight excluding hydrogens is 389 g/mol. The number of hydrogen-bond donors (Lipinski definition) is 1. The minimum Gasteiger partial charge on any atom is -0.496 e. The molecule has 2 aromatic carbocycles. The van der Waals surface area contributed by atoms with Gasteiger partial charge in [0.05, 0.1) is 13.7 Å². The van der Waals surface area contributed by atoms with E-state index in [0.29, 0.717) is 16.9 Å². The van der Waals surface area contributed by atoms with Crippen molar-refractivity contribution < 1.29 is 32.2 Å². The number of hydrogen-bond acceptors (Lipinski definition) is 4. The minimum absolute atomic E-state index is 0.000375. The number of alkyl halides is 3. The van der Waals surface area contributed by atoms with Gasteiger partial charge in [0.2, 0.25) is 0 Å². The van der Waals surface area contributed by atoms with Crippen molar-refractivity contribution >= 4 is 11.9 Å². The number of benzene rings is 2. The van der Waals surface area contributed by atoms with Crippen LogP contribution in [0.25, 0.3) is 0 Å². The molecular formula is C20H19F3N2O4. The third kappa shape index (κ3) is 4.13. The van der Waals surface area contributed by atoms with Crippen LogP contribution < -0.4 is 14.8 Å². The zero-order valence-electron chi connectivity index (χ0n) is 16.0. The fourth-order valence-corrected chi connectivity index (χ4v) is 3.23. The molecule has 6 nitrogen and oxygen atoms in total. The van der Waals surface area contributed by atoms with Crippen LogP contribution in [0.5, 0.6) is 11.5 Å². The van der Waals surface area contributed by atoms with Crippen molar-refractivity contribution in [3.8, 4) is 11.5 Å². The number of rotatable bonds is 5. The predicted octanol–water partition coefficient (Wildman–Crippen LogP) is 3.87. The van der Waals surface area contributed by atoms with Gasteiger partial charge >= 0.3 is 12.4 Å². The van der Waals surface area contributed by atoms with E-state index in [1.165, 1.54) is 26.2 Å². The molecule has 1 N–H and O–H groups in total. The second-order valence-electron chi connectivity index (χ2n) is 6.83. The Morgan fingerprint density at radius 2 is 1.76 bits per heavy atom. The number of amides is 3. The number of urea groups is 1. The molecule has 0 spiro atoms. The number of nitrogens with zero attached hydrogens (tertiary/aromatic N) is 1. The lowest BCUT2D eigenvalue weighted by Gasteiger charge is -2.23. The van der Waals surface area contributed by atoms with Crippen molar-refractivity contribution in [3.05, 3.63) is 59.2 Å². The molecule has 1 atom stereocenters. The van der Waals surface area contributed by atoms with E-state index in [1.807, 2.05) is 19.1 Å². The molecule has 1 aliphatic rings. The molecule has 1 saturated heterocycles. The molecule has 0 radical (unpaired) electrons. The molecule has 1 aliphatic heterocycles. The van der Waals surface area contributed by atoms with Crippen LogP contribution in [0.3, 0.4) is 0 Å². The fourth-order valence-electron chi connectivity index (χ4n) is 3.23. The molecule has 1 fully saturated rings. The Kier molecular flexibility index (Phi) is 5.16. The van der Waals surface area contributed by atoms with Crippen molar-refractivity contribution in [3.63, 3.8) is 0 Å². The zero-order chi connectivity index (χ0) is 21.4. The summed E-state index contributed by atoms with van der Waals surface area (Å²) < 4.78 is 46.1. The van der Waals surface area contributed by atoms with E-state index in [9.17, 15) is 22.8 Å². The first-order valence-electron chi connectivity index (χ1n) is 8.67. The maximum Gasteiger partial charge on any atom is 0.573 e. The SMILES string of the molecule is COc1ccc(C)cc1CN1C(=O)NC(C)(c2ccc(OC(F)(F)F)cc2)C1=O. The Balaban J connectivity index is 1.85. The highest BCUT2D eigenvalue weighted by molar-refractivity contribution is 6.07. The lowest BCUT2D eigenvalue weighted by Crippen LogP contribution is -2.40. The van der Waals surface area contributed by atoms with E-state index >= 15 is 0 Å². The topological polar surface area (TPSA) is 67.9 Å². The van der Waals surface area contributed by atoms with Gasteiger partial charge < -0.3 is 14.8 Å². The molecule has 154 valence electrons. The average molecular weight is 408 g/mol. The zero-order valence-corrected chi connectivity index (χ0v) is 16.0. The lowest BCUT2D eigenvalue weighted by molar-refractivity contribution is -0.274. The van der Waals surface area contributed by atoms with Crippen LogP contribution in [0.1, 0.15) is 23.6 Å². The number of halogens is 3. The van der Waals surface area contributed by atoms with E-state index in [1.54, 1.807) is 6.07 Å². The Bertz CT molecular complexity index is 944. The Hall–Kier alpha value is -3.23. The van der Waals surface area contributed by atoms with Gasteiger partial charge in [0.1, 0.15) is 17.0 Å². The van der Waals surface area contributed by atoms with E-state index in [-0.39, 0.29) is 6.54 Å². The molecule has 1 unspecified atom stereocenters. The third-order valence-electron chi connectivity index (χ3n) is 4.70. The largest absolute Gasteiger partial charge is 0.573 e. The van der Waals surface area contributed by atoms with Gasteiger partial charge in [0.15, 0.2) is 0 Å². The van der Waals surface area contributed by atoms with Gasteiger partial charge in [-0.25, -0.2) is 4.79 Å². The Morgan fingerprint density at radius 3 is 2.34 bits per heavy atom. The highest BCUT2D eigenvalue weighted by Gasteiger charge is 2.49. The van der Waals surface area contributed by atoms with Crippen molar-refractivity contribution in [2.75, 3.05) is 7.11 Å². The molecule has 0 bridgehead atoms. The minimum atomic E-state index is -4.81.